The summed E-state index contributed by atoms with van der Waals surface area (Å²) in [6.45, 7) is 0.120. The number of nitrogens with one attached hydrogen (secondary N) is 2. The molecule has 4 rings (SSSR count). The van der Waals surface area contributed by atoms with Crippen LogP contribution in [0.1, 0.15) is 18.0 Å². The molecule has 10 nitrogen and oxygen atoms in total. The molecule has 0 aromatic heterocycles. The monoisotopic (exact) mass is 449 g/mol. The van der Waals surface area contributed by atoms with E-state index in [1.807, 2.05) is 0 Å². The fraction of sp³-hybridized carbons (Fsp3) is 0.350. The van der Waals surface area contributed by atoms with E-state index in [2.05, 4.69) is 10.0 Å². The number of carbonyl (C=O) groups is 1. The number of nitrogens with zero attached hydrogens (tertiary/aromatic N) is 1. The summed E-state index contributed by atoms with van der Waals surface area (Å²) in [6.07, 6.45) is 0.224. The maximum Gasteiger partial charge on any atom is 0.280 e. The predicted octanol–water partition coefficient (Wildman–Crippen LogP) is 1.65. The predicted molar refractivity (Wildman–Crippen MR) is 112 cm³/mol. The van der Waals surface area contributed by atoms with Crippen LogP contribution in [0.25, 0.3) is 0 Å². The second-order valence-electron chi connectivity index (χ2n) is 7.11. The summed E-state index contributed by atoms with van der Waals surface area (Å²) in [7, 11) is 0.510. The molecule has 31 heavy (non-hydrogen) atoms. The zero-order valence-corrected chi connectivity index (χ0v) is 18.1. The van der Waals surface area contributed by atoms with Crippen molar-refractivity contribution in [3.63, 3.8) is 0 Å². The Bertz CT molecular complexity index is 1110. The number of ether oxygens (including phenoxy) is 4. The van der Waals surface area contributed by atoms with Crippen molar-refractivity contribution in [3.8, 4) is 23.0 Å². The van der Waals surface area contributed by atoms with Crippen LogP contribution in [0.5, 0.6) is 23.0 Å². The van der Waals surface area contributed by atoms with Crippen LogP contribution in [-0.2, 0) is 15.0 Å². The third-order valence-electron chi connectivity index (χ3n) is 5.32. The largest absolute Gasteiger partial charge is 0.493 e. The summed E-state index contributed by atoms with van der Waals surface area (Å²) in [5.74, 6) is 1.66. The van der Waals surface area contributed by atoms with Crippen LogP contribution in [-0.4, -0.2) is 52.7 Å². The van der Waals surface area contributed by atoms with E-state index in [1.165, 1.54) is 21.3 Å². The van der Waals surface area contributed by atoms with Gasteiger partial charge in [0.1, 0.15) is 6.04 Å². The summed E-state index contributed by atoms with van der Waals surface area (Å²) in [4.78, 5) is 13.0. The van der Waals surface area contributed by atoms with E-state index in [-0.39, 0.29) is 13.2 Å². The lowest BCUT2D eigenvalue weighted by Gasteiger charge is -2.36. The Hall–Kier alpha value is -3.02. The third kappa shape index (κ3) is 4.11. The smallest absolute Gasteiger partial charge is 0.280 e. The third-order valence-corrected chi connectivity index (χ3v) is 6.92. The van der Waals surface area contributed by atoms with Gasteiger partial charge in [-0.05, 0) is 36.2 Å². The molecule has 2 atom stereocenters. The number of likely N-dealkylation sites (N-methyl/N-ethyl adjacent to an activating group) is 1. The molecule has 1 amide bonds. The molecule has 0 bridgehead atoms. The summed E-state index contributed by atoms with van der Waals surface area (Å²) in [5.41, 5.74) is 1.15. The van der Waals surface area contributed by atoms with Gasteiger partial charge in [-0.15, -0.1) is 0 Å². The molecular weight excluding hydrogens is 426 g/mol. The summed E-state index contributed by atoms with van der Waals surface area (Å²) < 4.78 is 50.2. The summed E-state index contributed by atoms with van der Waals surface area (Å²) in [5, 5.41) is 2.77. The molecule has 2 heterocycles. The van der Waals surface area contributed by atoms with Crippen LogP contribution in [0, 0.1) is 0 Å². The Labute approximate surface area is 180 Å². The van der Waals surface area contributed by atoms with Crippen molar-refractivity contribution < 1.29 is 32.2 Å². The minimum Gasteiger partial charge on any atom is -0.493 e. The van der Waals surface area contributed by atoms with Crippen LogP contribution in [0.4, 0.5) is 5.69 Å². The van der Waals surface area contributed by atoms with E-state index in [0.717, 1.165) is 4.31 Å². The number of amides is 1. The van der Waals surface area contributed by atoms with Gasteiger partial charge in [0.25, 0.3) is 10.2 Å². The number of carbonyl (C=O) groups excluding carboxylic acids is 1. The summed E-state index contributed by atoms with van der Waals surface area (Å²) >= 11 is 0. The standard InChI is InChI=1S/C20H23N3O7S/c1-23-15(20(24)21-13-5-7-17-19(9-13)30-11-29-17)10-14(22-31(23,25)26)12-4-6-16(27-2)18(8-12)28-3/h4-9,14-15,22H,10-11H2,1-3H3,(H,21,24)/t14-,15+/m0/s1. The van der Waals surface area contributed by atoms with Gasteiger partial charge in [0.2, 0.25) is 12.7 Å². The number of methoxy groups -OCH3 is 2. The quantitative estimate of drug-likeness (QED) is 0.713. The average Bonchev–Trinajstić information content (AvgIpc) is 3.22. The Kier molecular flexibility index (Phi) is 5.65. The molecule has 11 heteroatoms. The molecule has 2 aliphatic heterocycles. The second kappa shape index (κ2) is 8.25. The number of benzene rings is 2. The average molecular weight is 449 g/mol. The maximum atomic E-state index is 13.0. The van der Waals surface area contributed by atoms with Crippen molar-refractivity contribution in [2.75, 3.05) is 33.4 Å². The molecule has 166 valence electrons. The topological polar surface area (TPSA) is 115 Å². The molecule has 1 saturated heterocycles. The van der Waals surface area contributed by atoms with Crippen molar-refractivity contribution in [1.82, 2.24) is 9.03 Å². The van der Waals surface area contributed by atoms with Gasteiger partial charge in [-0.2, -0.15) is 17.4 Å². The molecule has 0 unspecified atom stereocenters. The van der Waals surface area contributed by atoms with E-state index in [1.54, 1.807) is 36.4 Å². The highest BCUT2D eigenvalue weighted by Crippen LogP contribution is 2.36. The highest BCUT2D eigenvalue weighted by atomic mass is 32.2. The molecule has 0 saturated carbocycles. The molecular formula is C20H23N3O7S. The van der Waals surface area contributed by atoms with Crippen molar-refractivity contribution in [2.24, 2.45) is 0 Å². The van der Waals surface area contributed by atoms with Gasteiger partial charge < -0.3 is 24.3 Å². The van der Waals surface area contributed by atoms with Crippen LogP contribution in [0.15, 0.2) is 36.4 Å². The van der Waals surface area contributed by atoms with E-state index >= 15 is 0 Å². The lowest BCUT2D eigenvalue weighted by Crippen LogP contribution is -2.55. The van der Waals surface area contributed by atoms with Crippen LogP contribution in [0.2, 0.25) is 0 Å². The molecule has 0 radical (unpaired) electrons. The van der Waals surface area contributed by atoms with Gasteiger partial charge in [0.15, 0.2) is 23.0 Å². The highest BCUT2D eigenvalue weighted by molar-refractivity contribution is 7.87. The van der Waals surface area contributed by atoms with Gasteiger partial charge in [-0.3, -0.25) is 4.79 Å². The Morgan fingerprint density at radius 1 is 1.10 bits per heavy atom. The molecule has 2 aromatic carbocycles. The number of hydrogen-bond acceptors (Lipinski definition) is 7. The van der Waals surface area contributed by atoms with Crippen molar-refractivity contribution in [2.45, 2.75) is 18.5 Å². The molecule has 2 aromatic rings. The number of hydrogen-bond donors (Lipinski definition) is 2. The SMILES string of the molecule is COc1ccc([C@@H]2C[C@H](C(=O)Nc3ccc4c(c3)OCO4)N(C)S(=O)(=O)N2)cc1OC. The normalized spacial score (nSPS) is 22.0. The number of rotatable bonds is 5. The van der Waals surface area contributed by atoms with E-state index < -0.39 is 28.2 Å². The summed E-state index contributed by atoms with van der Waals surface area (Å²) in [6, 6.07) is 8.60. The molecule has 1 fully saturated rings. The zero-order valence-electron chi connectivity index (χ0n) is 17.2. The second-order valence-corrected chi connectivity index (χ2v) is 8.88. The van der Waals surface area contributed by atoms with Crippen LogP contribution < -0.4 is 29.0 Å². The fourth-order valence-electron chi connectivity index (χ4n) is 3.60. The zero-order chi connectivity index (χ0) is 22.2. The Balaban J connectivity index is 1.57. The molecule has 2 N–H and O–H groups in total. The minimum absolute atomic E-state index is 0.120. The van der Waals surface area contributed by atoms with Crippen molar-refractivity contribution in [3.05, 3.63) is 42.0 Å². The first-order valence-electron chi connectivity index (χ1n) is 9.50. The van der Waals surface area contributed by atoms with Crippen LogP contribution >= 0.6 is 0 Å². The molecule has 0 spiro atoms. The number of anilines is 1. The van der Waals surface area contributed by atoms with Crippen LogP contribution in [0.3, 0.4) is 0 Å². The van der Waals surface area contributed by atoms with Gasteiger partial charge >= 0.3 is 0 Å². The fourth-order valence-corrected chi connectivity index (χ4v) is 4.87. The lowest BCUT2D eigenvalue weighted by molar-refractivity contribution is -0.120. The first-order valence-corrected chi connectivity index (χ1v) is 10.9. The highest BCUT2D eigenvalue weighted by Gasteiger charge is 2.41. The first-order chi connectivity index (χ1) is 14.8. The molecule has 0 aliphatic carbocycles. The van der Waals surface area contributed by atoms with Crippen molar-refractivity contribution in [1.29, 1.82) is 0 Å². The minimum atomic E-state index is -3.88. The first kappa shape index (κ1) is 21.2. The van der Waals surface area contributed by atoms with Gasteiger partial charge in [-0.1, -0.05) is 6.07 Å². The Morgan fingerprint density at radius 2 is 1.84 bits per heavy atom. The van der Waals surface area contributed by atoms with Gasteiger partial charge in [0.05, 0.1) is 20.3 Å². The Morgan fingerprint density at radius 3 is 2.58 bits per heavy atom. The van der Waals surface area contributed by atoms with E-state index in [0.29, 0.717) is 34.2 Å². The maximum absolute atomic E-state index is 13.0. The number of fused-ring (bicyclic) bond motifs is 1. The lowest BCUT2D eigenvalue weighted by atomic mass is 9.99. The van der Waals surface area contributed by atoms with Gasteiger partial charge in [-0.25, -0.2) is 0 Å². The van der Waals surface area contributed by atoms with E-state index in [4.69, 9.17) is 18.9 Å². The van der Waals surface area contributed by atoms with Crippen molar-refractivity contribution >= 4 is 21.8 Å². The molecule has 2 aliphatic rings. The van der Waals surface area contributed by atoms with Gasteiger partial charge in [0, 0.05) is 18.8 Å². The van der Waals surface area contributed by atoms with E-state index in [9.17, 15) is 13.2 Å².